The van der Waals surface area contributed by atoms with E-state index in [-0.39, 0.29) is 6.04 Å². The van der Waals surface area contributed by atoms with Gasteiger partial charge in [0.2, 0.25) is 0 Å². The van der Waals surface area contributed by atoms with Crippen LogP contribution in [0.1, 0.15) is 58.8 Å². The van der Waals surface area contributed by atoms with E-state index in [2.05, 4.69) is 24.7 Å². The number of nitrogens with one attached hydrogen (secondary N) is 2. The molecular weight excluding hydrogens is 192 g/mol. The van der Waals surface area contributed by atoms with Gasteiger partial charge in [0.25, 0.3) is 0 Å². The van der Waals surface area contributed by atoms with Crippen molar-refractivity contribution in [1.82, 2.24) is 10.9 Å². The number of carbonyl (C=O) groups is 1. The topological polar surface area (TPSA) is 61.4 Å². The van der Waals surface area contributed by atoms with Crippen LogP contribution in [-0.4, -0.2) is 17.2 Å². The molecule has 0 aliphatic carbocycles. The number of carboxylic acid groups (broad SMARTS) is 1. The fraction of sp³-hybridized carbons (Fsp3) is 0.909. The van der Waals surface area contributed by atoms with E-state index in [0.29, 0.717) is 0 Å². The molecule has 1 unspecified atom stereocenters. The molecule has 0 saturated heterocycles. The molecule has 0 radical (unpaired) electrons. The molecule has 1 atom stereocenters. The lowest BCUT2D eigenvalue weighted by Crippen LogP contribution is -2.43. The molecule has 0 aromatic heterocycles. The van der Waals surface area contributed by atoms with Gasteiger partial charge in [-0.25, -0.2) is 10.2 Å². The van der Waals surface area contributed by atoms with Crippen LogP contribution < -0.4 is 10.9 Å². The third-order valence-corrected chi connectivity index (χ3v) is 2.45. The second-order valence-corrected chi connectivity index (χ2v) is 3.91. The highest BCUT2D eigenvalue weighted by Gasteiger charge is 2.07. The van der Waals surface area contributed by atoms with Gasteiger partial charge in [-0.15, -0.1) is 0 Å². The first-order chi connectivity index (χ1) is 7.20. The van der Waals surface area contributed by atoms with Gasteiger partial charge in [-0.3, -0.25) is 5.43 Å². The molecule has 0 rings (SSSR count). The van der Waals surface area contributed by atoms with Gasteiger partial charge in [-0.1, -0.05) is 46.0 Å². The van der Waals surface area contributed by atoms with E-state index in [1.54, 1.807) is 0 Å². The molecule has 4 heteroatoms. The molecule has 0 aliphatic heterocycles. The van der Waals surface area contributed by atoms with Crippen molar-refractivity contribution in [2.45, 2.75) is 64.8 Å². The summed E-state index contributed by atoms with van der Waals surface area (Å²) in [5.74, 6) is 0. The minimum Gasteiger partial charge on any atom is -0.464 e. The van der Waals surface area contributed by atoms with Crippen LogP contribution in [0.25, 0.3) is 0 Å². The molecule has 3 N–H and O–H groups in total. The summed E-state index contributed by atoms with van der Waals surface area (Å²) < 4.78 is 0. The van der Waals surface area contributed by atoms with Crippen LogP contribution in [0.5, 0.6) is 0 Å². The Bertz CT molecular complexity index is 163. The first-order valence-corrected chi connectivity index (χ1v) is 5.95. The third-order valence-electron chi connectivity index (χ3n) is 2.45. The Balaban J connectivity index is 3.67. The van der Waals surface area contributed by atoms with Crippen molar-refractivity contribution < 1.29 is 9.90 Å². The Labute approximate surface area is 92.4 Å². The fourth-order valence-corrected chi connectivity index (χ4v) is 1.54. The van der Waals surface area contributed by atoms with Crippen LogP contribution in [0.3, 0.4) is 0 Å². The fourth-order valence-electron chi connectivity index (χ4n) is 1.54. The average molecular weight is 216 g/mol. The van der Waals surface area contributed by atoms with Gasteiger partial charge in [0.05, 0.1) is 0 Å². The molecule has 0 aliphatic rings. The van der Waals surface area contributed by atoms with Gasteiger partial charge in [0, 0.05) is 6.04 Å². The summed E-state index contributed by atoms with van der Waals surface area (Å²) >= 11 is 0. The van der Waals surface area contributed by atoms with Crippen LogP contribution in [0, 0.1) is 0 Å². The summed E-state index contributed by atoms with van der Waals surface area (Å²) in [6.45, 7) is 4.32. The minimum absolute atomic E-state index is 0.285. The molecule has 0 aromatic carbocycles. The zero-order chi connectivity index (χ0) is 11.5. The van der Waals surface area contributed by atoms with Gasteiger partial charge < -0.3 is 5.11 Å². The predicted molar refractivity (Wildman–Crippen MR) is 61.8 cm³/mol. The summed E-state index contributed by atoms with van der Waals surface area (Å²) in [6.07, 6.45) is 6.97. The van der Waals surface area contributed by atoms with Crippen LogP contribution in [0.15, 0.2) is 0 Å². The van der Waals surface area contributed by atoms with Crippen LogP contribution in [0.2, 0.25) is 0 Å². The average Bonchev–Trinajstić information content (AvgIpc) is 2.21. The Morgan fingerprint density at radius 1 is 1.13 bits per heavy atom. The minimum atomic E-state index is -1.01. The maximum Gasteiger partial charge on any atom is 0.419 e. The van der Waals surface area contributed by atoms with Crippen LogP contribution in [-0.2, 0) is 0 Å². The number of hydrazine groups is 1. The molecular formula is C11H24N2O2. The summed E-state index contributed by atoms with van der Waals surface area (Å²) in [4.78, 5) is 10.3. The molecule has 0 bridgehead atoms. The van der Waals surface area contributed by atoms with Crippen molar-refractivity contribution in [2.75, 3.05) is 0 Å². The first-order valence-electron chi connectivity index (χ1n) is 5.95. The molecule has 0 spiro atoms. The molecule has 0 saturated carbocycles. The van der Waals surface area contributed by atoms with E-state index in [1.807, 2.05) is 0 Å². The molecule has 15 heavy (non-hydrogen) atoms. The van der Waals surface area contributed by atoms with Crippen molar-refractivity contribution in [1.29, 1.82) is 0 Å². The summed E-state index contributed by atoms with van der Waals surface area (Å²) in [5, 5.41) is 8.49. The van der Waals surface area contributed by atoms with Gasteiger partial charge in [-0.05, 0) is 12.8 Å². The molecule has 0 aromatic rings. The van der Waals surface area contributed by atoms with Crippen molar-refractivity contribution in [3.8, 4) is 0 Å². The van der Waals surface area contributed by atoms with E-state index >= 15 is 0 Å². The SMILES string of the molecule is CCCCCC(CCCC)NNC(=O)O. The highest BCUT2D eigenvalue weighted by molar-refractivity contribution is 5.63. The van der Waals surface area contributed by atoms with Gasteiger partial charge in [-0.2, -0.15) is 0 Å². The molecule has 0 heterocycles. The lowest BCUT2D eigenvalue weighted by Gasteiger charge is -2.17. The normalized spacial score (nSPS) is 12.4. The molecule has 90 valence electrons. The maximum absolute atomic E-state index is 10.3. The molecule has 1 amide bonds. The largest absolute Gasteiger partial charge is 0.464 e. The van der Waals surface area contributed by atoms with E-state index in [9.17, 15) is 4.79 Å². The number of hydrogen-bond donors (Lipinski definition) is 3. The third kappa shape index (κ3) is 9.53. The Morgan fingerprint density at radius 3 is 2.27 bits per heavy atom. The van der Waals surface area contributed by atoms with E-state index in [0.717, 1.165) is 25.7 Å². The van der Waals surface area contributed by atoms with E-state index < -0.39 is 6.09 Å². The number of amides is 1. The highest BCUT2D eigenvalue weighted by Crippen LogP contribution is 2.09. The number of hydrogen-bond acceptors (Lipinski definition) is 2. The quantitative estimate of drug-likeness (QED) is 0.410. The maximum atomic E-state index is 10.3. The van der Waals surface area contributed by atoms with Crippen molar-refractivity contribution in [2.24, 2.45) is 0 Å². The Hall–Kier alpha value is -0.770. The van der Waals surface area contributed by atoms with Crippen molar-refractivity contribution >= 4 is 6.09 Å². The summed E-state index contributed by atoms with van der Waals surface area (Å²) in [5.41, 5.74) is 5.11. The Morgan fingerprint density at radius 2 is 1.73 bits per heavy atom. The molecule has 4 nitrogen and oxygen atoms in total. The monoisotopic (exact) mass is 216 g/mol. The zero-order valence-electron chi connectivity index (χ0n) is 9.88. The van der Waals surface area contributed by atoms with Gasteiger partial charge in [0.15, 0.2) is 0 Å². The lowest BCUT2D eigenvalue weighted by molar-refractivity contribution is 0.184. The first kappa shape index (κ1) is 14.2. The lowest BCUT2D eigenvalue weighted by atomic mass is 10.0. The standard InChI is InChI=1S/C11H24N2O2/c1-3-5-7-9-10(8-6-4-2)12-13-11(14)15/h10,12-13H,3-9H2,1-2H3,(H,14,15). The van der Waals surface area contributed by atoms with E-state index in [4.69, 9.17) is 5.11 Å². The summed E-state index contributed by atoms with van der Waals surface area (Å²) in [7, 11) is 0. The summed E-state index contributed by atoms with van der Waals surface area (Å²) in [6, 6.07) is 0.285. The molecule has 0 fully saturated rings. The highest BCUT2D eigenvalue weighted by atomic mass is 16.4. The van der Waals surface area contributed by atoms with Gasteiger partial charge in [0.1, 0.15) is 0 Å². The van der Waals surface area contributed by atoms with Crippen LogP contribution in [0.4, 0.5) is 4.79 Å². The zero-order valence-corrected chi connectivity index (χ0v) is 9.88. The van der Waals surface area contributed by atoms with Gasteiger partial charge >= 0.3 is 6.09 Å². The van der Waals surface area contributed by atoms with Crippen molar-refractivity contribution in [3.63, 3.8) is 0 Å². The predicted octanol–water partition coefficient (Wildman–Crippen LogP) is 2.90. The van der Waals surface area contributed by atoms with Crippen LogP contribution >= 0.6 is 0 Å². The second kappa shape index (κ2) is 9.77. The second-order valence-electron chi connectivity index (χ2n) is 3.91. The van der Waals surface area contributed by atoms with E-state index in [1.165, 1.54) is 19.3 Å². The van der Waals surface area contributed by atoms with Crippen molar-refractivity contribution in [3.05, 3.63) is 0 Å². The number of rotatable bonds is 9. The number of unbranched alkanes of at least 4 members (excludes halogenated alkanes) is 3. The Kier molecular flexibility index (Phi) is 9.27. The smallest absolute Gasteiger partial charge is 0.419 e.